The van der Waals surface area contributed by atoms with E-state index in [0.717, 1.165) is 21.6 Å². The third-order valence-electron chi connectivity index (χ3n) is 2.36. The lowest BCUT2D eigenvalue weighted by Crippen LogP contribution is -1.79. The normalized spacial score (nSPS) is 11.1. The lowest BCUT2D eigenvalue weighted by molar-refractivity contribution is 0.280. The van der Waals surface area contributed by atoms with E-state index in [9.17, 15) is 0 Å². The highest BCUT2D eigenvalue weighted by molar-refractivity contribution is 7.14. The fourth-order valence-electron chi connectivity index (χ4n) is 1.61. The van der Waals surface area contributed by atoms with Gasteiger partial charge in [0.25, 0.3) is 0 Å². The fraction of sp³-hybridized carbons (Fsp3) is 0.0909. The molecule has 3 aromatic rings. The van der Waals surface area contributed by atoms with Gasteiger partial charge in [0, 0.05) is 10.9 Å². The molecule has 0 atom stereocenters. The highest BCUT2D eigenvalue weighted by Gasteiger charge is 2.08. The molecule has 0 spiro atoms. The van der Waals surface area contributed by atoms with Crippen molar-refractivity contribution in [3.8, 4) is 10.7 Å². The van der Waals surface area contributed by atoms with Gasteiger partial charge < -0.3 is 10.1 Å². The number of nitrogens with one attached hydrogen (secondary N) is 1. The van der Waals surface area contributed by atoms with Gasteiger partial charge in [-0.3, -0.25) is 0 Å². The lowest BCUT2D eigenvalue weighted by Gasteiger charge is -1.86. The molecule has 0 radical (unpaired) electrons. The number of H-pyrrole nitrogens is 1. The summed E-state index contributed by atoms with van der Waals surface area (Å²) in [4.78, 5) is 3.28. The zero-order chi connectivity index (χ0) is 11.0. The summed E-state index contributed by atoms with van der Waals surface area (Å²) >= 11 is 1.40. The minimum atomic E-state index is -0.0576. The van der Waals surface area contributed by atoms with Gasteiger partial charge in [0.2, 0.25) is 0 Å². The van der Waals surface area contributed by atoms with Gasteiger partial charge in [-0.1, -0.05) is 29.5 Å². The van der Waals surface area contributed by atoms with Gasteiger partial charge in [-0.15, -0.1) is 10.2 Å². The summed E-state index contributed by atoms with van der Waals surface area (Å²) in [5.74, 6) is 0. The molecule has 0 saturated heterocycles. The standard InChI is InChI=1S/C11H9N3OS/c15-6-10-13-14-11(16-10)9-5-7-3-1-2-4-8(7)12-9/h1-5,12,15H,6H2. The van der Waals surface area contributed by atoms with Crippen molar-refractivity contribution >= 4 is 22.2 Å². The number of fused-ring (bicyclic) bond motifs is 1. The Labute approximate surface area is 95.6 Å². The van der Waals surface area contributed by atoms with Crippen LogP contribution in [0.4, 0.5) is 0 Å². The van der Waals surface area contributed by atoms with Crippen LogP contribution in [-0.4, -0.2) is 20.3 Å². The quantitative estimate of drug-likeness (QED) is 0.710. The Balaban J connectivity index is 2.11. The molecule has 0 unspecified atom stereocenters. The van der Waals surface area contributed by atoms with E-state index >= 15 is 0 Å². The molecule has 16 heavy (non-hydrogen) atoms. The van der Waals surface area contributed by atoms with Crippen LogP contribution in [0.2, 0.25) is 0 Å². The highest BCUT2D eigenvalue weighted by Crippen LogP contribution is 2.26. The average Bonchev–Trinajstić information content (AvgIpc) is 2.95. The summed E-state index contributed by atoms with van der Waals surface area (Å²) in [6.45, 7) is -0.0576. The lowest BCUT2D eigenvalue weighted by atomic mass is 10.2. The third-order valence-corrected chi connectivity index (χ3v) is 3.30. The largest absolute Gasteiger partial charge is 0.389 e. The van der Waals surface area contributed by atoms with Crippen LogP contribution in [0.3, 0.4) is 0 Å². The Morgan fingerprint density at radius 3 is 2.88 bits per heavy atom. The summed E-state index contributed by atoms with van der Waals surface area (Å²) in [5.41, 5.74) is 2.02. The van der Waals surface area contributed by atoms with Crippen molar-refractivity contribution in [2.24, 2.45) is 0 Å². The summed E-state index contributed by atoms with van der Waals surface area (Å²) in [6.07, 6.45) is 0. The molecule has 0 fully saturated rings. The molecule has 5 heteroatoms. The number of nitrogens with zero attached hydrogens (tertiary/aromatic N) is 2. The second-order valence-electron chi connectivity index (χ2n) is 3.43. The van der Waals surface area contributed by atoms with Gasteiger partial charge in [0.05, 0.1) is 12.3 Å². The first kappa shape index (κ1) is 9.50. The first-order chi connectivity index (χ1) is 7.86. The average molecular weight is 231 g/mol. The molecule has 4 nitrogen and oxygen atoms in total. The van der Waals surface area contributed by atoms with E-state index in [2.05, 4.69) is 15.2 Å². The number of aliphatic hydroxyl groups is 1. The molecule has 0 aliphatic heterocycles. The molecule has 0 amide bonds. The number of rotatable bonds is 2. The van der Waals surface area contributed by atoms with E-state index in [1.54, 1.807) is 0 Å². The minimum absolute atomic E-state index is 0.0576. The number of para-hydroxylation sites is 1. The van der Waals surface area contributed by atoms with Crippen LogP contribution in [0.15, 0.2) is 30.3 Å². The molecule has 1 aromatic carbocycles. The van der Waals surface area contributed by atoms with Crippen molar-refractivity contribution in [3.63, 3.8) is 0 Å². The van der Waals surface area contributed by atoms with E-state index in [0.29, 0.717) is 5.01 Å². The second kappa shape index (κ2) is 3.70. The summed E-state index contributed by atoms with van der Waals surface area (Å²) in [7, 11) is 0. The predicted octanol–water partition coefficient (Wildman–Crippen LogP) is 2.18. The van der Waals surface area contributed by atoms with Gasteiger partial charge >= 0.3 is 0 Å². The minimum Gasteiger partial charge on any atom is -0.389 e. The molecule has 2 heterocycles. The van der Waals surface area contributed by atoms with Gasteiger partial charge in [0.1, 0.15) is 5.01 Å². The van der Waals surface area contributed by atoms with E-state index in [-0.39, 0.29) is 6.61 Å². The van der Waals surface area contributed by atoms with Crippen molar-refractivity contribution in [1.29, 1.82) is 0 Å². The van der Waals surface area contributed by atoms with Crippen LogP contribution in [0.25, 0.3) is 21.6 Å². The molecule has 0 aliphatic carbocycles. The number of hydrogen-bond donors (Lipinski definition) is 2. The van der Waals surface area contributed by atoms with E-state index < -0.39 is 0 Å². The maximum Gasteiger partial charge on any atom is 0.164 e. The molecular weight excluding hydrogens is 222 g/mol. The second-order valence-corrected chi connectivity index (χ2v) is 4.49. The Morgan fingerprint density at radius 2 is 2.12 bits per heavy atom. The Kier molecular flexibility index (Phi) is 2.19. The summed E-state index contributed by atoms with van der Waals surface area (Å²) in [6, 6.07) is 10.1. The number of aromatic nitrogens is 3. The fourth-order valence-corrected chi connectivity index (χ4v) is 2.29. The van der Waals surface area contributed by atoms with Gasteiger partial charge in [-0.25, -0.2) is 0 Å². The number of aromatic amines is 1. The molecule has 0 aliphatic rings. The molecule has 80 valence electrons. The van der Waals surface area contributed by atoms with Gasteiger partial charge in [0.15, 0.2) is 5.01 Å². The Hall–Kier alpha value is -1.72. The van der Waals surface area contributed by atoms with Crippen molar-refractivity contribution in [2.45, 2.75) is 6.61 Å². The van der Waals surface area contributed by atoms with E-state index in [1.807, 2.05) is 30.3 Å². The first-order valence-electron chi connectivity index (χ1n) is 4.88. The zero-order valence-corrected chi connectivity index (χ0v) is 9.16. The topological polar surface area (TPSA) is 61.8 Å². The van der Waals surface area contributed by atoms with Crippen LogP contribution in [-0.2, 0) is 6.61 Å². The van der Waals surface area contributed by atoms with Crippen molar-refractivity contribution in [1.82, 2.24) is 15.2 Å². The van der Waals surface area contributed by atoms with Gasteiger partial charge in [-0.2, -0.15) is 0 Å². The number of hydrogen-bond acceptors (Lipinski definition) is 4. The van der Waals surface area contributed by atoms with Crippen LogP contribution >= 0.6 is 11.3 Å². The molecule has 2 aromatic heterocycles. The number of benzene rings is 1. The summed E-state index contributed by atoms with van der Waals surface area (Å²) in [5, 5.41) is 19.4. The molecule has 3 rings (SSSR count). The SMILES string of the molecule is OCc1nnc(-c2cc3ccccc3[nH]2)s1. The monoisotopic (exact) mass is 231 g/mol. The van der Waals surface area contributed by atoms with E-state index in [4.69, 9.17) is 5.11 Å². The molecular formula is C11H9N3OS. The molecule has 0 bridgehead atoms. The van der Waals surface area contributed by atoms with Gasteiger partial charge in [-0.05, 0) is 12.1 Å². The van der Waals surface area contributed by atoms with E-state index in [1.165, 1.54) is 11.3 Å². The summed E-state index contributed by atoms with van der Waals surface area (Å²) < 4.78 is 0. The van der Waals surface area contributed by atoms with Crippen LogP contribution in [0.1, 0.15) is 5.01 Å². The molecule has 2 N–H and O–H groups in total. The third kappa shape index (κ3) is 1.50. The predicted molar refractivity (Wildman–Crippen MR) is 63.1 cm³/mol. The Morgan fingerprint density at radius 1 is 1.25 bits per heavy atom. The number of aliphatic hydroxyl groups excluding tert-OH is 1. The zero-order valence-electron chi connectivity index (χ0n) is 8.34. The van der Waals surface area contributed by atoms with Crippen molar-refractivity contribution in [3.05, 3.63) is 35.3 Å². The highest BCUT2D eigenvalue weighted by atomic mass is 32.1. The van der Waals surface area contributed by atoms with Crippen LogP contribution in [0, 0.1) is 0 Å². The maximum atomic E-state index is 8.94. The van der Waals surface area contributed by atoms with Crippen molar-refractivity contribution < 1.29 is 5.11 Å². The molecule has 0 saturated carbocycles. The van der Waals surface area contributed by atoms with Crippen molar-refractivity contribution in [2.75, 3.05) is 0 Å². The first-order valence-corrected chi connectivity index (χ1v) is 5.70. The maximum absolute atomic E-state index is 8.94. The Bertz CT molecular complexity index is 596. The van der Waals surface area contributed by atoms with Crippen LogP contribution in [0.5, 0.6) is 0 Å². The smallest absolute Gasteiger partial charge is 0.164 e. The van der Waals surface area contributed by atoms with Crippen LogP contribution < -0.4 is 0 Å².